The Hall–Kier alpha value is -1.31. The monoisotopic (exact) mass is 245 g/mol. The molecule has 1 fully saturated rings. The highest BCUT2D eigenvalue weighted by Gasteiger charge is 2.23. The molecular weight excluding hydrogens is 222 g/mol. The zero-order valence-corrected chi connectivity index (χ0v) is 11.5. The van der Waals surface area contributed by atoms with Crippen molar-refractivity contribution in [3.05, 3.63) is 29.8 Å². The van der Waals surface area contributed by atoms with Crippen LogP contribution in [0.1, 0.15) is 38.2 Å². The van der Waals surface area contributed by atoms with Crippen molar-refractivity contribution < 1.29 is 4.79 Å². The molecule has 1 aromatic rings. The van der Waals surface area contributed by atoms with E-state index in [4.69, 9.17) is 0 Å². The van der Waals surface area contributed by atoms with Crippen LogP contribution < -0.4 is 4.90 Å². The maximum atomic E-state index is 11.8. The fourth-order valence-corrected chi connectivity index (χ4v) is 2.67. The van der Waals surface area contributed by atoms with Crippen molar-refractivity contribution in [3.63, 3.8) is 0 Å². The second kappa shape index (κ2) is 6.03. The molecule has 1 aliphatic carbocycles. The molecule has 0 amide bonds. The van der Waals surface area contributed by atoms with Gasteiger partial charge < -0.3 is 4.90 Å². The standard InChI is InChI=1S/C16H23NO/c1-3-13-8-10-15(11-9-13)17(2)12-14-6-4-5-7-16(14)18/h8-11,14H,3-7,12H2,1-2H3. The first-order valence-corrected chi connectivity index (χ1v) is 7.03. The number of hydrogen-bond donors (Lipinski definition) is 0. The van der Waals surface area contributed by atoms with Gasteiger partial charge in [-0.25, -0.2) is 0 Å². The number of rotatable bonds is 4. The molecule has 2 nitrogen and oxygen atoms in total. The molecule has 0 N–H and O–H groups in total. The van der Waals surface area contributed by atoms with Crippen molar-refractivity contribution in [3.8, 4) is 0 Å². The minimum atomic E-state index is 0.245. The van der Waals surface area contributed by atoms with E-state index in [0.717, 1.165) is 32.2 Å². The summed E-state index contributed by atoms with van der Waals surface area (Å²) in [5.74, 6) is 0.702. The van der Waals surface area contributed by atoms with E-state index in [1.165, 1.54) is 17.7 Å². The van der Waals surface area contributed by atoms with Gasteiger partial charge in [0, 0.05) is 31.6 Å². The zero-order chi connectivity index (χ0) is 13.0. The molecule has 1 aromatic carbocycles. The molecule has 0 saturated heterocycles. The Kier molecular flexibility index (Phi) is 4.40. The lowest BCUT2D eigenvalue weighted by molar-refractivity contribution is -0.124. The number of carbonyl (C=O) groups is 1. The van der Waals surface area contributed by atoms with E-state index in [2.05, 4.69) is 43.1 Å². The van der Waals surface area contributed by atoms with Crippen LogP contribution in [0.5, 0.6) is 0 Å². The van der Waals surface area contributed by atoms with Gasteiger partial charge in [-0.15, -0.1) is 0 Å². The van der Waals surface area contributed by atoms with Crippen LogP contribution >= 0.6 is 0 Å². The highest BCUT2D eigenvalue weighted by molar-refractivity contribution is 5.82. The van der Waals surface area contributed by atoms with Crippen LogP contribution in [0.2, 0.25) is 0 Å². The molecule has 2 rings (SSSR count). The van der Waals surface area contributed by atoms with Crippen LogP contribution in [-0.4, -0.2) is 19.4 Å². The third-order valence-electron chi connectivity index (χ3n) is 3.96. The number of nitrogens with zero attached hydrogens (tertiary/aromatic N) is 1. The van der Waals surface area contributed by atoms with Gasteiger partial charge in [0.2, 0.25) is 0 Å². The van der Waals surface area contributed by atoms with E-state index in [-0.39, 0.29) is 5.92 Å². The fraction of sp³-hybridized carbons (Fsp3) is 0.562. The molecule has 0 aromatic heterocycles. The third kappa shape index (κ3) is 3.12. The summed E-state index contributed by atoms with van der Waals surface area (Å²) in [6, 6.07) is 8.67. The summed E-state index contributed by atoms with van der Waals surface area (Å²) in [7, 11) is 2.09. The Balaban J connectivity index is 1.97. The summed E-state index contributed by atoms with van der Waals surface area (Å²) in [4.78, 5) is 14.1. The van der Waals surface area contributed by atoms with Crippen LogP contribution in [0.3, 0.4) is 0 Å². The molecule has 1 unspecified atom stereocenters. The van der Waals surface area contributed by atoms with Crippen LogP contribution in [0.25, 0.3) is 0 Å². The van der Waals surface area contributed by atoms with Gasteiger partial charge in [0.25, 0.3) is 0 Å². The first kappa shape index (κ1) is 13.1. The van der Waals surface area contributed by atoms with E-state index in [9.17, 15) is 4.79 Å². The topological polar surface area (TPSA) is 20.3 Å². The van der Waals surface area contributed by atoms with Crippen LogP contribution in [-0.2, 0) is 11.2 Å². The van der Waals surface area contributed by atoms with E-state index in [1.807, 2.05) is 0 Å². The molecule has 0 heterocycles. The molecule has 0 spiro atoms. The average molecular weight is 245 g/mol. The van der Waals surface area contributed by atoms with E-state index < -0.39 is 0 Å². The van der Waals surface area contributed by atoms with Crippen molar-refractivity contribution in [2.75, 3.05) is 18.5 Å². The first-order valence-electron chi connectivity index (χ1n) is 7.03. The van der Waals surface area contributed by atoms with Crippen molar-refractivity contribution in [1.29, 1.82) is 0 Å². The summed E-state index contributed by atoms with van der Waals surface area (Å²) in [6.45, 7) is 3.03. The molecule has 0 bridgehead atoms. The number of anilines is 1. The highest BCUT2D eigenvalue weighted by atomic mass is 16.1. The van der Waals surface area contributed by atoms with Crippen molar-refractivity contribution in [2.24, 2.45) is 5.92 Å². The number of benzene rings is 1. The Morgan fingerprint density at radius 3 is 2.56 bits per heavy atom. The Labute approximate surface area is 110 Å². The quantitative estimate of drug-likeness (QED) is 0.810. The van der Waals surface area contributed by atoms with Crippen molar-refractivity contribution >= 4 is 11.5 Å². The number of carbonyl (C=O) groups excluding carboxylic acids is 1. The molecule has 1 saturated carbocycles. The Morgan fingerprint density at radius 1 is 1.22 bits per heavy atom. The molecule has 98 valence electrons. The largest absolute Gasteiger partial charge is 0.374 e. The van der Waals surface area contributed by atoms with E-state index in [1.54, 1.807) is 0 Å². The van der Waals surface area contributed by atoms with Gasteiger partial charge in [-0.2, -0.15) is 0 Å². The summed E-state index contributed by atoms with van der Waals surface area (Å²) < 4.78 is 0. The minimum Gasteiger partial charge on any atom is -0.374 e. The minimum absolute atomic E-state index is 0.245. The molecule has 2 heteroatoms. The number of ketones is 1. The maximum absolute atomic E-state index is 11.8. The lowest BCUT2D eigenvalue weighted by atomic mass is 9.87. The summed E-state index contributed by atoms with van der Waals surface area (Å²) >= 11 is 0. The maximum Gasteiger partial charge on any atom is 0.137 e. The van der Waals surface area contributed by atoms with Gasteiger partial charge in [-0.05, 0) is 37.0 Å². The van der Waals surface area contributed by atoms with Gasteiger partial charge in [-0.1, -0.05) is 25.5 Å². The van der Waals surface area contributed by atoms with E-state index >= 15 is 0 Å². The lowest BCUT2D eigenvalue weighted by Gasteiger charge is -2.27. The lowest BCUT2D eigenvalue weighted by Crippen LogP contribution is -2.32. The van der Waals surface area contributed by atoms with Crippen LogP contribution in [0, 0.1) is 5.92 Å². The summed E-state index contributed by atoms with van der Waals surface area (Å²) in [5.41, 5.74) is 2.58. The first-order chi connectivity index (χ1) is 8.70. The van der Waals surface area contributed by atoms with Gasteiger partial charge in [-0.3, -0.25) is 4.79 Å². The normalized spacial score (nSPS) is 19.9. The summed E-state index contributed by atoms with van der Waals surface area (Å²) in [6.07, 6.45) is 5.22. The fourth-order valence-electron chi connectivity index (χ4n) is 2.67. The molecule has 0 radical (unpaired) electrons. The summed E-state index contributed by atoms with van der Waals surface area (Å²) in [5, 5.41) is 0. The van der Waals surface area contributed by atoms with Crippen molar-refractivity contribution in [2.45, 2.75) is 39.0 Å². The zero-order valence-electron chi connectivity index (χ0n) is 11.5. The average Bonchev–Trinajstić information content (AvgIpc) is 2.41. The number of hydrogen-bond acceptors (Lipinski definition) is 2. The van der Waals surface area contributed by atoms with Crippen LogP contribution in [0.4, 0.5) is 5.69 Å². The van der Waals surface area contributed by atoms with E-state index in [0.29, 0.717) is 5.78 Å². The third-order valence-corrected chi connectivity index (χ3v) is 3.96. The van der Waals surface area contributed by atoms with Gasteiger partial charge in [0.1, 0.15) is 5.78 Å². The molecule has 1 aliphatic rings. The van der Waals surface area contributed by atoms with Crippen LogP contribution in [0.15, 0.2) is 24.3 Å². The molecule has 0 aliphatic heterocycles. The predicted molar refractivity (Wildman–Crippen MR) is 76.1 cm³/mol. The van der Waals surface area contributed by atoms with Crippen molar-refractivity contribution in [1.82, 2.24) is 0 Å². The molecular formula is C16H23NO. The predicted octanol–water partition coefficient (Wildman–Crippen LogP) is 3.44. The smallest absolute Gasteiger partial charge is 0.137 e. The molecule has 1 atom stereocenters. The van der Waals surface area contributed by atoms with Gasteiger partial charge in [0.05, 0.1) is 0 Å². The highest BCUT2D eigenvalue weighted by Crippen LogP contribution is 2.23. The number of Topliss-reactive ketones (excluding diaryl/α,β-unsaturated/α-hetero) is 1. The second-order valence-corrected chi connectivity index (χ2v) is 5.31. The Bertz CT molecular complexity index is 396. The number of aryl methyl sites for hydroxylation is 1. The SMILES string of the molecule is CCc1ccc(N(C)CC2CCCCC2=O)cc1. The second-order valence-electron chi connectivity index (χ2n) is 5.31. The van der Waals surface area contributed by atoms with Gasteiger partial charge >= 0.3 is 0 Å². The van der Waals surface area contributed by atoms with Gasteiger partial charge in [0.15, 0.2) is 0 Å². The molecule has 18 heavy (non-hydrogen) atoms. The Morgan fingerprint density at radius 2 is 1.94 bits per heavy atom.